The molecule has 0 radical (unpaired) electrons. The van der Waals surface area contributed by atoms with Crippen molar-refractivity contribution in [1.82, 2.24) is 0 Å². The fraction of sp³-hybridized carbons (Fsp3) is 0.400. The van der Waals surface area contributed by atoms with Crippen molar-refractivity contribution in [3.63, 3.8) is 0 Å². The van der Waals surface area contributed by atoms with E-state index in [2.05, 4.69) is 0 Å². The molecule has 3 rings (SSSR count). The zero-order chi connectivity index (χ0) is 15.6. The zero-order valence-electron chi connectivity index (χ0n) is 11.6. The normalized spacial score (nSPS) is 38.1. The Morgan fingerprint density at radius 2 is 1.95 bits per heavy atom. The number of aromatic hydroxyl groups is 1. The summed E-state index contributed by atoms with van der Waals surface area (Å²) in [5.41, 5.74) is -3.93. The van der Waals surface area contributed by atoms with Crippen molar-refractivity contribution >= 4 is 5.78 Å². The molecule has 21 heavy (non-hydrogen) atoms. The number of benzene rings is 1. The van der Waals surface area contributed by atoms with Crippen LogP contribution >= 0.6 is 0 Å². The van der Waals surface area contributed by atoms with Gasteiger partial charge in [-0.3, -0.25) is 4.79 Å². The molecule has 1 aliphatic heterocycles. The first-order chi connectivity index (χ1) is 9.73. The molecule has 6 nitrogen and oxygen atoms in total. The summed E-state index contributed by atoms with van der Waals surface area (Å²) in [6, 6.07) is 4.24. The minimum Gasteiger partial charge on any atom is -0.507 e. The molecular weight excluding hydrogens is 276 g/mol. The van der Waals surface area contributed by atoms with Crippen molar-refractivity contribution in [1.29, 1.82) is 0 Å². The van der Waals surface area contributed by atoms with Gasteiger partial charge >= 0.3 is 0 Å². The number of phenolic OH excluding ortho intramolecular Hbond substituents is 1. The molecule has 0 aromatic heterocycles. The minimum absolute atomic E-state index is 0.0631. The van der Waals surface area contributed by atoms with Gasteiger partial charge in [-0.15, -0.1) is 0 Å². The van der Waals surface area contributed by atoms with Gasteiger partial charge in [0.1, 0.15) is 29.3 Å². The average molecular weight is 292 g/mol. The van der Waals surface area contributed by atoms with Crippen LogP contribution in [0.1, 0.15) is 24.2 Å². The number of aliphatic hydroxyl groups is 3. The Labute approximate surface area is 120 Å². The summed E-state index contributed by atoms with van der Waals surface area (Å²) in [6.45, 7) is 2.94. The number of rotatable bonds is 0. The fourth-order valence-corrected chi connectivity index (χ4v) is 3.14. The quantitative estimate of drug-likeness (QED) is 0.507. The van der Waals surface area contributed by atoms with Crippen LogP contribution in [-0.2, 0) is 0 Å². The van der Waals surface area contributed by atoms with Crippen LogP contribution in [0.25, 0.3) is 0 Å². The molecule has 4 atom stereocenters. The van der Waals surface area contributed by atoms with E-state index in [4.69, 9.17) is 4.74 Å². The predicted molar refractivity (Wildman–Crippen MR) is 72.2 cm³/mol. The molecule has 0 fully saturated rings. The molecule has 1 heterocycles. The van der Waals surface area contributed by atoms with Gasteiger partial charge in [0, 0.05) is 0 Å². The summed E-state index contributed by atoms with van der Waals surface area (Å²) in [6.07, 6.45) is -1.60. The molecule has 0 saturated heterocycles. The lowest BCUT2D eigenvalue weighted by Crippen LogP contribution is -2.74. The van der Waals surface area contributed by atoms with Gasteiger partial charge < -0.3 is 25.2 Å². The van der Waals surface area contributed by atoms with Crippen molar-refractivity contribution in [2.24, 2.45) is 0 Å². The monoisotopic (exact) mass is 292 g/mol. The van der Waals surface area contributed by atoms with Crippen LogP contribution in [0.2, 0.25) is 0 Å². The van der Waals surface area contributed by atoms with Crippen molar-refractivity contribution in [2.75, 3.05) is 0 Å². The number of fused-ring (bicyclic) bond motifs is 2. The largest absolute Gasteiger partial charge is 0.507 e. The molecule has 1 aromatic carbocycles. The Kier molecular flexibility index (Phi) is 2.72. The highest BCUT2D eigenvalue weighted by molar-refractivity contribution is 6.09. The van der Waals surface area contributed by atoms with Gasteiger partial charge in [0.25, 0.3) is 0 Å². The number of ketones is 1. The highest BCUT2D eigenvalue weighted by Gasteiger charge is 2.67. The van der Waals surface area contributed by atoms with E-state index in [1.54, 1.807) is 6.92 Å². The fourth-order valence-electron chi connectivity index (χ4n) is 3.14. The van der Waals surface area contributed by atoms with E-state index in [0.29, 0.717) is 5.57 Å². The molecule has 0 spiro atoms. The number of aliphatic hydroxyl groups excluding tert-OH is 2. The second kappa shape index (κ2) is 4.07. The maximum atomic E-state index is 12.7. The summed E-state index contributed by atoms with van der Waals surface area (Å²) in [5.74, 6) is -1.16. The molecule has 0 saturated carbocycles. The lowest BCUT2D eigenvalue weighted by atomic mass is 9.65. The van der Waals surface area contributed by atoms with Gasteiger partial charge in [-0.2, -0.15) is 0 Å². The Morgan fingerprint density at radius 3 is 2.62 bits per heavy atom. The number of phenols is 1. The van der Waals surface area contributed by atoms with Gasteiger partial charge in [0.05, 0.1) is 0 Å². The molecule has 1 aliphatic carbocycles. The Bertz CT molecular complexity index is 666. The van der Waals surface area contributed by atoms with E-state index in [0.717, 1.165) is 0 Å². The molecule has 0 amide bonds. The highest BCUT2D eigenvalue weighted by atomic mass is 16.5. The SMILES string of the molecule is CC1=CC(O)C2(O)C(=O)c3c(O)cccc3OC2(C)C1O. The first kappa shape index (κ1) is 14.1. The molecule has 6 heteroatoms. The van der Waals surface area contributed by atoms with Crippen LogP contribution in [0.4, 0.5) is 0 Å². The average Bonchev–Trinajstić information content (AvgIpc) is 2.42. The van der Waals surface area contributed by atoms with E-state index in [9.17, 15) is 25.2 Å². The third kappa shape index (κ3) is 1.49. The van der Waals surface area contributed by atoms with E-state index < -0.39 is 29.2 Å². The summed E-state index contributed by atoms with van der Waals surface area (Å²) < 4.78 is 5.65. The first-order valence-corrected chi connectivity index (χ1v) is 6.56. The minimum atomic E-state index is -2.38. The van der Waals surface area contributed by atoms with E-state index >= 15 is 0 Å². The Balaban J connectivity index is 2.29. The maximum Gasteiger partial charge on any atom is 0.209 e. The third-order valence-electron chi connectivity index (χ3n) is 4.46. The number of hydrogen-bond donors (Lipinski definition) is 4. The second-order valence-corrected chi connectivity index (χ2v) is 5.71. The van der Waals surface area contributed by atoms with Gasteiger partial charge in [-0.05, 0) is 31.6 Å². The highest BCUT2D eigenvalue weighted by Crippen LogP contribution is 2.49. The van der Waals surface area contributed by atoms with Crippen LogP contribution in [0.3, 0.4) is 0 Å². The van der Waals surface area contributed by atoms with E-state index in [-0.39, 0.29) is 17.1 Å². The van der Waals surface area contributed by atoms with Crippen LogP contribution in [0.5, 0.6) is 11.5 Å². The standard InChI is InChI=1S/C15H16O6/c1-7-6-10(17)15(20)13(19)11-8(16)4-3-5-9(11)21-14(15,2)12(7)18/h3-6,10,12,16-18,20H,1-2H3. The Morgan fingerprint density at radius 1 is 1.29 bits per heavy atom. The first-order valence-electron chi connectivity index (χ1n) is 6.56. The van der Waals surface area contributed by atoms with Crippen LogP contribution in [0, 0.1) is 0 Å². The van der Waals surface area contributed by atoms with Gasteiger partial charge in [0.2, 0.25) is 5.78 Å². The number of carbonyl (C=O) groups is 1. The molecule has 4 N–H and O–H groups in total. The van der Waals surface area contributed by atoms with Crippen molar-refractivity contribution in [3.8, 4) is 11.5 Å². The summed E-state index contributed by atoms with van der Waals surface area (Å²) >= 11 is 0. The number of hydrogen-bond acceptors (Lipinski definition) is 6. The van der Waals surface area contributed by atoms with Crippen LogP contribution in [0.15, 0.2) is 29.8 Å². The molecule has 112 valence electrons. The maximum absolute atomic E-state index is 12.7. The lowest BCUT2D eigenvalue weighted by Gasteiger charge is -2.53. The lowest BCUT2D eigenvalue weighted by molar-refractivity contribution is -0.189. The van der Waals surface area contributed by atoms with E-state index in [1.165, 1.54) is 31.2 Å². The molecule has 4 unspecified atom stereocenters. The predicted octanol–water partition coefficient (Wildman–Crippen LogP) is 0.139. The zero-order valence-corrected chi connectivity index (χ0v) is 11.6. The van der Waals surface area contributed by atoms with E-state index in [1.807, 2.05) is 0 Å². The smallest absolute Gasteiger partial charge is 0.209 e. The van der Waals surface area contributed by atoms with Gasteiger partial charge in [-0.25, -0.2) is 0 Å². The number of Topliss-reactive ketones (excluding diaryl/α,β-unsaturated/α-hetero) is 1. The van der Waals surface area contributed by atoms with Crippen molar-refractivity contribution in [3.05, 3.63) is 35.4 Å². The van der Waals surface area contributed by atoms with Gasteiger partial charge in [-0.1, -0.05) is 12.1 Å². The summed E-state index contributed by atoms with van der Waals surface area (Å²) in [7, 11) is 0. The summed E-state index contributed by atoms with van der Waals surface area (Å²) in [5, 5.41) is 41.2. The van der Waals surface area contributed by atoms with Crippen LogP contribution in [-0.4, -0.2) is 49.6 Å². The number of ether oxygens (including phenoxy) is 1. The topological polar surface area (TPSA) is 107 Å². The summed E-state index contributed by atoms with van der Waals surface area (Å²) in [4.78, 5) is 12.7. The third-order valence-corrected chi connectivity index (χ3v) is 4.46. The van der Waals surface area contributed by atoms with Gasteiger partial charge in [0.15, 0.2) is 11.2 Å². The van der Waals surface area contributed by atoms with Crippen molar-refractivity contribution in [2.45, 2.75) is 37.3 Å². The molecule has 2 aliphatic rings. The van der Waals surface area contributed by atoms with Crippen molar-refractivity contribution < 1.29 is 30.0 Å². The number of carbonyl (C=O) groups excluding carboxylic acids is 1. The molecule has 1 aromatic rings. The molecule has 0 bridgehead atoms. The Hall–Kier alpha value is -1.89. The molecular formula is C15H16O6. The second-order valence-electron chi connectivity index (χ2n) is 5.71. The van der Waals surface area contributed by atoms with Crippen LogP contribution < -0.4 is 4.74 Å².